The number of ether oxygens (including phenoxy) is 1. The van der Waals surface area contributed by atoms with Gasteiger partial charge in [-0.3, -0.25) is 9.67 Å². The van der Waals surface area contributed by atoms with Gasteiger partial charge in [0, 0.05) is 26.8 Å². The normalized spacial score (nSPS) is 12.5. The SMILES string of the molecule is CCc1nc(N[C@@H](COC)c2ccccn2)c2cnn(C)c2n1. The summed E-state index contributed by atoms with van der Waals surface area (Å²) in [7, 11) is 3.55. The van der Waals surface area contributed by atoms with E-state index in [1.165, 1.54) is 0 Å². The molecule has 0 radical (unpaired) electrons. The Morgan fingerprint density at radius 1 is 1.30 bits per heavy atom. The number of hydrogen-bond acceptors (Lipinski definition) is 6. The Bertz CT molecular complexity index is 786. The molecular formula is C16H20N6O. The van der Waals surface area contributed by atoms with Gasteiger partial charge in [0.25, 0.3) is 0 Å². The van der Waals surface area contributed by atoms with Crippen molar-refractivity contribution >= 4 is 16.9 Å². The van der Waals surface area contributed by atoms with Crippen molar-refractivity contribution in [2.45, 2.75) is 19.4 Å². The summed E-state index contributed by atoms with van der Waals surface area (Å²) in [6.45, 7) is 2.52. The van der Waals surface area contributed by atoms with Crippen LogP contribution in [0.1, 0.15) is 24.5 Å². The van der Waals surface area contributed by atoms with Crippen LogP contribution in [0, 0.1) is 0 Å². The highest BCUT2D eigenvalue weighted by Gasteiger charge is 2.17. The Kier molecular flexibility index (Phi) is 4.47. The Hall–Kier alpha value is -2.54. The van der Waals surface area contributed by atoms with E-state index in [2.05, 4.69) is 25.4 Å². The first kappa shape index (κ1) is 15.4. The number of methoxy groups -OCH3 is 1. The highest BCUT2D eigenvalue weighted by atomic mass is 16.5. The molecule has 0 aliphatic heterocycles. The van der Waals surface area contributed by atoms with Gasteiger partial charge < -0.3 is 10.1 Å². The lowest BCUT2D eigenvalue weighted by Gasteiger charge is -2.18. The largest absolute Gasteiger partial charge is 0.382 e. The summed E-state index contributed by atoms with van der Waals surface area (Å²) in [4.78, 5) is 13.6. The number of fused-ring (bicyclic) bond motifs is 1. The van der Waals surface area contributed by atoms with E-state index in [9.17, 15) is 0 Å². The van der Waals surface area contributed by atoms with Crippen molar-refractivity contribution in [2.75, 3.05) is 19.0 Å². The van der Waals surface area contributed by atoms with Crippen LogP contribution in [-0.2, 0) is 18.2 Å². The molecule has 120 valence electrons. The fourth-order valence-electron chi connectivity index (χ4n) is 2.45. The predicted octanol–water partition coefficient (Wildman–Crippen LogP) is 2.12. The van der Waals surface area contributed by atoms with Gasteiger partial charge in [-0.15, -0.1) is 0 Å². The highest BCUT2D eigenvalue weighted by molar-refractivity contribution is 5.86. The van der Waals surface area contributed by atoms with Crippen molar-refractivity contribution in [3.8, 4) is 0 Å². The third kappa shape index (κ3) is 3.14. The molecule has 0 amide bonds. The standard InChI is InChI=1S/C16H20N6O/c1-4-14-20-15(11-9-18-22(2)16(11)21-14)19-13(10-23-3)12-7-5-6-8-17-12/h5-9,13H,4,10H2,1-3H3,(H,19,20,21)/t13-/m0/s1. The van der Waals surface area contributed by atoms with Crippen molar-refractivity contribution in [1.29, 1.82) is 0 Å². The predicted molar refractivity (Wildman–Crippen MR) is 88.2 cm³/mol. The number of pyridine rings is 1. The zero-order valence-electron chi connectivity index (χ0n) is 13.5. The third-order valence-electron chi connectivity index (χ3n) is 3.64. The molecule has 1 N–H and O–H groups in total. The van der Waals surface area contributed by atoms with Crippen molar-refractivity contribution in [3.63, 3.8) is 0 Å². The molecule has 0 aromatic carbocycles. The second-order valence-electron chi connectivity index (χ2n) is 5.25. The summed E-state index contributed by atoms with van der Waals surface area (Å²) >= 11 is 0. The number of aromatic nitrogens is 5. The lowest BCUT2D eigenvalue weighted by atomic mass is 10.2. The first-order valence-electron chi connectivity index (χ1n) is 7.58. The second kappa shape index (κ2) is 6.70. The van der Waals surface area contributed by atoms with Gasteiger partial charge in [-0.25, -0.2) is 9.97 Å². The molecule has 0 unspecified atom stereocenters. The smallest absolute Gasteiger partial charge is 0.163 e. The Morgan fingerprint density at radius 2 is 2.17 bits per heavy atom. The molecule has 3 rings (SSSR count). The molecule has 3 aromatic heterocycles. The third-order valence-corrected chi connectivity index (χ3v) is 3.64. The quantitative estimate of drug-likeness (QED) is 0.751. The summed E-state index contributed by atoms with van der Waals surface area (Å²) in [6.07, 6.45) is 4.31. The summed E-state index contributed by atoms with van der Waals surface area (Å²) < 4.78 is 7.10. The first-order chi connectivity index (χ1) is 11.2. The molecule has 0 aliphatic rings. The Balaban J connectivity index is 2.01. The number of hydrogen-bond donors (Lipinski definition) is 1. The monoisotopic (exact) mass is 312 g/mol. The molecule has 23 heavy (non-hydrogen) atoms. The fraction of sp³-hybridized carbons (Fsp3) is 0.375. The minimum absolute atomic E-state index is 0.0933. The van der Waals surface area contributed by atoms with E-state index in [1.807, 2.05) is 32.2 Å². The Morgan fingerprint density at radius 3 is 2.87 bits per heavy atom. The van der Waals surface area contributed by atoms with E-state index in [0.717, 1.165) is 34.8 Å². The summed E-state index contributed by atoms with van der Waals surface area (Å²) in [5, 5.41) is 8.61. The molecule has 3 aromatic rings. The Labute approximate surface area is 134 Å². The molecule has 0 spiro atoms. The van der Waals surface area contributed by atoms with E-state index >= 15 is 0 Å². The number of nitrogens with one attached hydrogen (secondary N) is 1. The zero-order valence-corrected chi connectivity index (χ0v) is 13.5. The maximum atomic E-state index is 5.34. The topological polar surface area (TPSA) is 77.8 Å². The second-order valence-corrected chi connectivity index (χ2v) is 5.25. The van der Waals surface area contributed by atoms with Gasteiger partial charge >= 0.3 is 0 Å². The molecule has 0 aliphatic carbocycles. The van der Waals surface area contributed by atoms with Crippen LogP contribution in [0.25, 0.3) is 11.0 Å². The van der Waals surface area contributed by atoms with E-state index < -0.39 is 0 Å². The van der Waals surface area contributed by atoms with Gasteiger partial charge in [-0.05, 0) is 12.1 Å². The molecule has 7 heteroatoms. The minimum Gasteiger partial charge on any atom is -0.382 e. The van der Waals surface area contributed by atoms with Crippen LogP contribution >= 0.6 is 0 Å². The van der Waals surface area contributed by atoms with Crippen LogP contribution in [-0.4, -0.2) is 38.4 Å². The lowest BCUT2D eigenvalue weighted by Crippen LogP contribution is -2.19. The zero-order chi connectivity index (χ0) is 16.2. The molecule has 3 heterocycles. The number of rotatable bonds is 6. The summed E-state index contributed by atoms with van der Waals surface area (Å²) in [5.41, 5.74) is 1.72. The molecule has 1 atom stereocenters. The van der Waals surface area contributed by atoms with Crippen LogP contribution in [0.15, 0.2) is 30.6 Å². The van der Waals surface area contributed by atoms with Crippen LogP contribution in [0.2, 0.25) is 0 Å². The van der Waals surface area contributed by atoms with Gasteiger partial charge in [0.2, 0.25) is 0 Å². The van der Waals surface area contributed by atoms with Gasteiger partial charge in [-0.1, -0.05) is 13.0 Å². The van der Waals surface area contributed by atoms with Gasteiger partial charge in [0.15, 0.2) is 5.65 Å². The van der Waals surface area contributed by atoms with Gasteiger partial charge in [0.05, 0.1) is 29.9 Å². The van der Waals surface area contributed by atoms with Crippen molar-refractivity contribution in [1.82, 2.24) is 24.7 Å². The molecule has 0 saturated carbocycles. The van der Waals surface area contributed by atoms with Gasteiger partial charge in [-0.2, -0.15) is 5.10 Å². The average molecular weight is 312 g/mol. The van der Waals surface area contributed by atoms with E-state index in [1.54, 1.807) is 24.2 Å². The number of nitrogens with zero attached hydrogens (tertiary/aromatic N) is 5. The van der Waals surface area contributed by atoms with E-state index in [0.29, 0.717) is 6.61 Å². The van der Waals surface area contributed by atoms with Gasteiger partial charge in [0.1, 0.15) is 11.6 Å². The first-order valence-corrected chi connectivity index (χ1v) is 7.58. The average Bonchev–Trinajstić information content (AvgIpc) is 2.96. The molecule has 7 nitrogen and oxygen atoms in total. The fourth-order valence-corrected chi connectivity index (χ4v) is 2.45. The molecule has 0 bridgehead atoms. The van der Waals surface area contributed by atoms with Crippen molar-refractivity contribution < 1.29 is 4.74 Å². The molecule has 0 fully saturated rings. The minimum atomic E-state index is -0.0933. The maximum absolute atomic E-state index is 5.34. The van der Waals surface area contributed by atoms with Crippen LogP contribution in [0.5, 0.6) is 0 Å². The summed E-state index contributed by atoms with van der Waals surface area (Å²) in [5.74, 6) is 1.54. The maximum Gasteiger partial charge on any atom is 0.163 e. The number of aryl methyl sites for hydroxylation is 2. The highest BCUT2D eigenvalue weighted by Crippen LogP contribution is 2.24. The molecular weight excluding hydrogens is 292 g/mol. The van der Waals surface area contributed by atoms with Crippen LogP contribution < -0.4 is 5.32 Å². The number of anilines is 1. The van der Waals surface area contributed by atoms with Crippen molar-refractivity contribution in [3.05, 3.63) is 42.1 Å². The van der Waals surface area contributed by atoms with Crippen LogP contribution in [0.3, 0.4) is 0 Å². The lowest BCUT2D eigenvalue weighted by molar-refractivity contribution is 0.185. The van der Waals surface area contributed by atoms with E-state index in [4.69, 9.17) is 4.74 Å². The summed E-state index contributed by atoms with van der Waals surface area (Å²) in [6, 6.07) is 5.74. The van der Waals surface area contributed by atoms with Crippen molar-refractivity contribution in [2.24, 2.45) is 7.05 Å². The molecule has 0 saturated heterocycles. The van der Waals surface area contributed by atoms with Crippen LogP contribution in [0.4, 0.5) is 5.82 Å². The van der Waals surface area contributed by atoms with E-state index in [-0.39, 0.29) is 6.04 Å².